The summed E-state index contributed by atoms with van der Waals surface area (Å²) in [5.41, 5.74) is -0.702. The lowest BCUT2D eigenvalue weighted by Crippen LogP contribution is -2.06. The molecule has 0 fully saturated rings. The van der Waals surface area contributed by atoms with Crippen LogP contribution in [0.5, 0.6) is 5.75 Å². The second-order valence-corrected chi connectivity index (χ2v) is 3.56. The number of methoxy groups -OCH3 is 1. The molecule has 7 heteroatoms. The molecule has 1 aromatic carbocycles. The fourth-order valence-electron chi connectivity index (χ4n) is 1.27. The normalized spacial score (nSPS) is 9.47. The standard InChI is InChI=1S/C10H7BrN2O4/c1-17-6-2-7(10(14)4-11)8(5-12)9(3-6)13(15)16/h2-3H,4H2,1H3. The number of benzene rings is 1. The van der Waals surface area contributed by atoms with Crippen LogP contribution in [0.1, 0.15) is 15.9 Å². The van der Waals surface area contributed by atoms with E-state index in [2.05, 4.69) is 15.9 Å². The minimum Gasteiger partial charge on any atom is -0.496 e. The van der Waals surface area contributed by atoms with Crippen LogP contribution < -0.4 is 4.74 Å². The Bertz CT molecular complexity index is 522. The number of halogens is 1. The molecular weight excluding hydrogens is 292 g/mol. The average Bonchev–Trinajstić information content (AvgIpc) is 2.35. The molecule has 0 N–H and O–H groups in total. The number of nitriles is 1. The van der Waals surface area contributed by atoms with Gasteiger partial charge in [0.25, 0.3) is 5.69 Å². The number of Topliss-reactive ketones (excluding diaryl/α,β-unsaturated/α-hetero) is 1. The Kier molecular flexibility index (Phi) is 4.17. The molecule has 0 heterocycles. The lowest BCUT2D eigenvalue weighted by Gasteiger charge is -2.05. The average molecular weight is 299 g/mol. The smallest absolute Gasteiger partial charge is 0.291 e. The van der Waals surface area contributed by atoms with Crippen LogP contribution in [-0.2, 0) is 0 Å². The topological polar surface area (TPSA) is 93.2 Å². The number of carbonyl (C=O) groups excluding carboxylic acids is 1. The first-order valence-electron chi connectivity index (χ1n) is 4.40. The number of hydrogen-bond acceptors (Lipinski definition) is 5. The lowest BCUT2D eigenvalue weighted by atomic mass is 10.0. The predicted octanol–water partition coefficient (Wildman–Crippen LogP) is 2.05. The molecule has 0 saturated carbocycles. The minimum absolute atomic E-state index is 0.0181. The van der Waals surface area contributed by atoms with Gasteiger partial charge in [0.2, 0.25) is 0 Å². The largest absolute Gasteiger partial charge is 0.496 e. The van der Waals surface area contributed by atoms with Gasteiger partial charge in [0.15, 0.2) is 5.78 Å². The molecule has 0 aliphatic rings. The molecule has 0 amide bonds. The summed E-state index contributed by atoms with van der Waals surface area (Å²) < 4.78 is 4.86. The van der Waals surface area contributed by atoms with Crippen molar-refractivity contribution in [2.45, 2.75) is 0 Å². The second-order valence-electron chi connectivity index (χ2n) is 2.99. The molecule has 1 rings (SSSR count). The van der Waals surface area contributed by atoms with Gasteiger partial charge in [-0.25, -0.2) is 0 Å². The molecule has 0 bridgehead atoms. The quantitative estimate of drug-likeness (QED) is 0.367. The Morgan fingerprint density at radius 2 is 2.29 bits per heavy atom. The fraction of sp³-hybridized carbons (Fsp3) is 0.200. The third-order valence-electron chi connectivity index (χ3n) is 2.06. The van der Waals surface area contributed by atoms with E-state index in [9.17, 15) is 14.9 Å². The Morgan fingerprint density at radius 3 is 2.71 bits per heavy atom. The molecule has 0 aliphatic heterocycles. The highest BCUT2D eigenvalue weighted by Crippen LogP contribution is 2.28. The summed E-state index contributed by atoms with van der Waals surface area (Å²) >= 11 is 2.95. The van der Waals surface area contributed by atoms with E-state index in [0.29, 0.717) is 0 Å². The Balaban J connectivity index is 3.57. The Hall–Kier alpha value is -1.94. The van der Waals surface area contributed by atoms with Crippen LogP contribution in [0.2, 0.25) is 0 Å². The van der Waals surface area contributed by atoms with Crippen molar-refractivity contribution < 1.29 is 14.5 Å². The Labute approximate surface area is 105 Å². The van der Waals surface area contributed by atoms with Gasteiger partial charge in [-0.15, -0.1) is 0 Å². The second kappa shape index (κ2) is 5.41. The summed E-state index contributed by atoms with van der Waals surface area (Å²) in [5, 5.41) is 19.7. The SMILES string of the molecule is COc1cc(C(=O)CBr)c(C#N)c([N+](=O)[O-])c1. The van der Waals surface area contributed by atoms with Crippen molar-refractivity contribution in [2.24, 2.45) is 0 Å². The summed E-state index contributed by atoms with van der Waals surface area (Å²) in [6.07, 6.45) is 0. The molecule has 0 spiro atoms. The van der Waals surface area contributed by atoms with Crippen molar-refractivity contribution >= 4 is 27.4 Å². The number of ether oxygens (including phenoxy) is 1. The third-order valence-corrected chi connectivity index (χ3v) is 2.57. The van der Waals surface area contributed by atoms with Crippen LogP contribution in [-0.4, -0.2) is 23.1 Å². The van der Waals surface area contributed by atoms with Crippen molar-refractivity contribution in [2.75, 3.05) is 12.4 Å². The first-order chi connectivity index (χ1) is 8.04. The van der Waals surface area contributed by atoms with Gasteiger partial charge in [-0.3, -0.25) is 14.9 Å². The van der Waals surface area contributed by atoms with Gasteiger partial charge in [0.1, 0.15) is 17.4 Å². The number of rotatable bonds is 4. The molecule has 88 valence electrons. The van der Waals surface area contributed by atoms with E-state index in [-0.39, 0.29) is 22.2 Å². The molecule has 0 atom stereocenters. The summed E-state index contributed by atoms with van der Waals surface area (Å²) in [6.45, 7) is 0. The minimum atomic E-state index is -0.716. The van der Waals surface area contributed by atoms with Gasteiger partial charge < -0.3 is 4.74 Å². The number of nitro benzene ring substituents is 1. The van der Waals surface area contributed by atoms with E-state index in [4.69, 9.17) is 10.00 Å². The molecule has 0 aromatic heterocycles. The molecule has 6 nitrogen and oxygen atoms in total. The van der Waals surface area contributed by atoms with Gasteiger partial charge in [0, 0.05) is 5.56 Å². The summed E-state index contributed by atoms with van der Waals surface area (Å²) in [4.78, 5) is 21.6. The number of ketones is 1. The van der Waals surface area contributed by atoms with Crippen LogP contribution in [0.25, 0.3) is 0 Å². The van der Waals surface area contributed by atoms with E-state index >= 15 is 0 Å². The maximum atomic E-state index is 11.6. The Morgan fingerprint density at radius 1 is 1.65 bits per heavy atom. The number of carbonyl (C=O) groups is 1. The van der Waals surface area contributed by atoms with Gasteiger partial charge in [-0.05, 0) is 6.07 Å². The van der Waals surface area contributed by atoms with Crippen LogP contribution in [0.15, 0.2) is 12.1 Å². The zero-order valence-corrected chi connectivity index (χ0v) is 10.4. The highest BCUT2D eigenvalue weighted by atomic mass is 79.9. The molecule has 1 aromatic rings. The van der Waals surface area contributed by atoms with E-state index in [1.807, 2.05) is 0 Å². The number of alkyl halides is 1. The first-order valence-corrected chi connectivity index (χ1v) is 5.53. The molecule has 0 saturated heterocycles. The van der Waals surface area contributed by atoms with E-state index < -0.39 is 16.4 Å². The predicted molar refractivity (Wildman–Crippen MR) is 62.5 cm³/mol. The van der Waals surface area contributed by atoms with Crippen molar-refractivity contribution in [3.63, 3.8) is 0 Å². The maximum Gasteiger partial charge on any atom is 0.291 e. The summed E-state index contributed by atoms with van der Waals surface area (Å²) in [6, 6.07) is 4.10. The van der Waals surface area contributed by atoms with E-state index in [1.165, 1.54) is 13.2 Å². The molecule has 0 aliphatic carbocycles. The zero-order valence-electron chi connectivity index (χ0n) is 8.77. The maximum absolute atomic E-state index is 11.6. The van der Waals surface area contributed by atoms with Gasteiger partial charge in [-0.1, -0.05) is 15.9 Å². The highest BCUT2D eigenvalue weighted by molar-refractivity contribution is 9.09. The van der Waals surface area contributed by atoms with Crippen molar-refractivity contribution in [1.82, 2.24) is 0 Å². The van der Waals surface area contributed by atoms with Gasteiger partial charge in [-0.2, -0.15) is 5.26 Å². The van der Waals surface area contributed by atoms with Crippen LogP contribution >= 0.6 is 15.9 Å². The van der Waals surface area contributed by atoms with Crippen molar-refractivity contribution in [1.29, 1.82) is 5.26 Å². The number of hydrogen-bond donors (Lipinski definition) is 0. The van der Waals surface area contributed by atoms with Gasteiger partial charge >= 0.3 is 0 Å². The van der Waals surface area contributed by atoms with Crippen molar-refractivity contribution in [3.8, 4) is 11.8 Å². The monoisotopic (exact) mass is 298 g/mol. The highest BCUT2D eigenvalue weighted by Gasteiger charge is 2.23. The molecular formula is C10H7BrN2O4. The zero-order chi connectivity index (χ0) is 13.0. The summed E-state index contributed by atoms with van der Waals surface area (Å²) in [5.74, 6) is -0.247. The van der Waals surface area contributed by atoms with E-state index in [0.717, 1.165) is 6.07 Å². The van der Waals surface area contributed by atoms with Crippen molar-refractivity contribution in [3.05, 3.63) is 33.4 Å². The van der Waals surface area contributed by atoms with Crippen LogP contribution in [0.4, 0.5) is 5.69 Å². The molecule has 0 radical (unpaired) electrons. The van der Waals surface area contributed by atoms with Gasteiger partial charge in [0.05, 0.1) is 23.4 Å². The number of nitro groups is 1. The lowest BCUT2D eigenvalue weighted by molar-refractivity contribution is -0.385. The molecule has 0 unspecified atom stereocenters. The van der Waals surface area contributed by atoms with E-state index in [1.54, 1.807) is 6.07 Å². The fourth-order valence-corrected chi connectivity index (χ4v) is 1.57. The van der Waals surface area contributed by atoms with Crippen LogP contribution in [0.3, 0.4) is 0 Å². The summed E-state index contributed by atoms with van der Waals surface area (Å²) in [7, 11) is 1.33. The number of nitrogens with zero attached hydrogens (tertiary/aromatic N) is 2. The molecule has 17 heavy (non-hydrogen) atoms. The third kappa shape index (κ3) is 2.60. The van der Waals surface area contributed by atoms with Crippen LogP contribution in [0, 0.1) is 21.4 Å². The first kappa shape index (κ1) is 13.1.